The summed E-state index contributed by atoms with van der Waals surface area (Å²) in [5.41, 5.74) is 2.16. The van der Waals surface area contributed by atoms with Crippen molar-refractivity contribution in [3.63, 3.8) is 0 Å². The first-order valence-corrected chi connectivity index (χ1v) is 18.7. The fourth-order valence-corrected chi connectivity index (χ4v) is 7.98. The van der Waals surface area contributed by atoms with Gasteiger partial charge in [-0.2, -0.15) is 13.2 Å². The number of amides is 1. The van der Waals surface area contributed by atoms with Gasteiger partial charge in [0, 0.05) is 28.2 Å². The molecule has 3 aliphatic heterocycles. The molecular formula is C41H41Cl2F3N4O2. The number of halogens is 5. The molecule has 0 bridgehead atoms. The van der Waals surface area contributed by atoms with Crippen LogP contribution in [0, 0.1) is 0 Å². The number of carbonyl (C=O) groups excluding carboxylic acids is 1. The summed E-state index contributed by atoms with van der Waals surface area (Å²) in [6.45, 7) is 7.23. The van der Waals surface area contributed by atoms with Crippen LogP contribution in [0.1, 0.15) is 82.9 Å². The van der Waals surface area contributed by atoms with E-state index in [9.17, 15) is 18.0 Å². The molecule has 0 radical (unpaired) electrons. The Bertz CT molecular complexity index is 1890. The molecule has 0 spiro atoms. The van der Waals surface area contributed by atoms with E-state index in [0.29, 0.717) is 21.7 Å². The molecular weight excluding hydrogens is 708 g/mol. The van der Waals surface area contributed by atoms with Gasteiger partial charge in [-0.05, 0) is 130 Å². The summed E-state index contributed by atoms with van der Waals surface area (Å²) in [6.07, 6.45) is 0.289. The molecule has 11 heteroatoms. The van der Waals surface area contributed by atoms with Gasteiger partial charge < -0.3 is 9.64 Å². The summed E-state index contributed by atoms with van der Waals surface area (Å²) >= 11 is 12.5. The quantitative estimate of drug-likeness (QED) is 0.171. The number of amidine groups is 1. The predicted molar refractivity (Wildman–Crippen MR) is 199 cm³/mol. The summed E-state index contributed by atoms with van der Waals surface area (Å²) in [6, 6.07) is 24.3. The second-order valence-electron chi connectivity index (χ2n) is 13.7. The SMILES string of the molecule is CCOc1ccc(C(F)(F)F)cc1C1=NC(c2ccc(Cl)cc2)C(c2ccc(Cl)cc2)N1C(=O)c1ccc(CN2CCC(N3CCCC3)CC2)cc1. The highest BCUT2D eigenvalue weighted by molar-refractivity contribution is 6.30. The number of aliphatic imine (C=N–C) groups is 1. The van der Waals surface area contributed by atoms with Gasteiger partial charge in [0.1, 0.15) is 17.6 Å². The van der Waals surface area contributed by atoms with Crippen LogP contribution in [-0.2, 0) is 12.7 Å². The maximum Gasteiger partial charge on any atom is 0.416 e. The van der Waals surface area contributed by atoms with Crippen LogP contribution in [-0.4, -0.2) is 65.3 Å². The Balaban J connectivity index is 1.25. The van der Waals surface area contributed by atoms with Crippen LogP contribution in [0.3, 0.4) is 0 Å². The molecule has 0 aliphatic carbocycles. The van der Waals surface area contributed by atoms with Gasteiger partial charge in [0.15, 0.2) is 0 Å². The van der Waals surface area contributed by atoms with Gasteiger partial charge in [-0.3, -0.25) is 19.6 Å². The van der Waals surface area contributed by atoms with Crippen molar-refractivity contribution in [2.75, 3.05) is 32.8 Å². The summed E-state index contributed by atoms with van der Waals surface area (Å²) in [5.74, 6) is -0.111. The monoisotopic (exact) mass is 748 g/mol. The van der Waals surface area contributed by atoms with Crippen LogP contribution in [0.5, 0.6) is 5.75 Å². The zero-order valence-electron chi connectivity index (χ0n) is 29.0. The van der Waals surface area contributed by atoms with Crippen molar-refractivity contribution < 1.29 is 22.7 Å². The molecule has 6 nitrogen and oxygen atoms in total. The van der Waals surface area contributed by atoms with Crippen LogP contribution in [0.4, 0.5) is 13.2 Å². The second-order valence-corrected chi connectivity index (χ2v) is 14.6. The molecule has 2 saturated heterocycles. The van der Waals surface area contributed by atoms with Crippen molar-refractivity contribution in [1.29, 1.82) is 0 Å². The van der Waals surface area contributed by atoms with Crippen LogP contribution in [0.25, 0.3) is 0 Å². The van der Waals surface area contributed by atoms with E-state index in [4.69, 9.17) is 32.9 Å². The molecule has 3 aliphatic rings. The standard InChI is InChI=1S/C41H41Cl2F3N4O2/c1-2-52-36-18-13-31(41(44,45)46)25-35(36)39-47-37(28-9-14-32(42)15-10-28)38(29-11-16-33(43)17-12-29)50(39)40(51)30-7-5-27(6-8-30)26-48-23-19-34(20-24-48)49-21-3-4-22-49/h5-18,25,34,37-38H,2-4,19-24,26H2,1H3. The number of hydrogen-bond acceptors (Lipinski definition) is 5. The van der Waals surface area contributed by atoms with Gasteiger partial charge in [-0.1, -0.05) is 59.6 Å². The summed E-state index contributed by atoms with van der Waals surface area (Å²) in [7, 11) is 0. The van der Waals surface area contributed by atoms with Gasteiger partial charge >= 0.3 is 6.18 Å². The minimum atomic E-state index is -4.63. The third-order valence-corrected chi connectivity index (χ3v) is 10.9. The Morgan fingerprint density at radius 1 is 0.827 bits per heavy atom. The van der Waals surface area contributed by atoms with Gasteiger partial charge in [0.25, 0.3) is 5.91 Å². The third kappa shape index (κ3) is 7.88. The lowest BCUT2D eigenvalue weighted by atomic mass is 9.93. The smallest absolute Gasteiger partial charge is 0.416 e. The molecule has 0 aromatic heterocycles. The molecule has 2 fully saturated rings. The van der Waals surface area contributed by atoms with Crippen molar-refractivity contribution in [1.82, 2.24) is 14.7 Å². The fourth-order valence-electron chi connectivity index (χ4n) is 7.73. The van der Waals surface area contributed by atoms with Gasteiger partial charge in [-0.25, -0.2) is 0 Å². The maximum atomic E-state index is 14.8. The Morgan fingerprint density at radius 3 is 2.04 bits per heavy atom. The molecule has 4 aromatic rings. The van der Waals surface area contributed by atoms with E-state index >= 15 is 0 Å². The fraction of sp³-hybridized carbons (Fsp3) is 0.366. The van der Waals surface area contributed by atoms with E-state index < -0.39 is 29.7 Å². The lowest BCUT2D eigenvalue weighted by Crippen LogP contribution is -2.43. The first-order valence-electron chi connectivity index (χ1n) is 17.9. The van der Waals surface area contributed by atoms with Crippen LogP contribution < -0.4 is 4.74 Å². The highest BCUT2D eigenvalue weighted by Gasteiger charge is 2.44. The number of nitrogens with zero attached hydrogens (tertiary/aromatic N) is 4. The Labute approximate surface area is 312 Å². The number of benzene rings is 4. The third-order valence-electron chi connectivity index (χ3n) is 10.4. The summed E-state index contributed by atoms with van der Waals surface area (Å²) in [5, 5.41) is 1.03. The normalized spacial score (nSPS) is 20.3. The molecule has 2 unspecified atom stereocenters. The van der Waals surface area contributed by atoms with Gasteiger partial charge in [-0.15, -0.1) is 0 Å². The molecule has 4 aromatic carbocycles. The minimum absolute atomic E-state index is 0.0782. The molecule has 52 heavy (non-hydrogen) atoms. The highest BCUT2D eigenvalue weighted by atomic mass is 35.5. The average molecular weight is 750 g/mol. The average Bonchev–Trinajstić information content (AvgIpc) is 3.82. The van der Waals surface area contributed by atoms with E-state index in [1.807, 2.05) is 36.4 Å². The highest BCUT2D eigenvalue weighted by Crippen LogP contribution is 2.46. The molecule has 272 valence electrons. The number of alkyl halides is 3. The first kappa shape index (κ1) is 36.5. The van der Waals surface area contributed by atoms with E-state index in [-0.39, 0.29) is 23.8 Å². The van der Waals surface area contributed by atoms with Crippen molar-refractivity contribution in [3.8, 4) is 5.75 Å². The molecule has 7 rings (SSSR count). The first-order chi connectivity index (χ1) is 25.1. The largest absolute Gasteiger partial charge is 0.493 e. The molecule has 3 heterocycles. The zero-order valence-corrected chi connectivity index (χ0v) is 30.5. The predicted octanol–water partition coefficient (Wildman–Crippen LogP) is 9.86. The van der Waals surface area contributed by atoms with E-state index in [2.05, 4.69) is 9.80 Å². The van der Waals surface area contributed by atoms with Crippen LogP contribution in [0.15, 0.2) is 96.0 Å². The van der Waals surface area contributed by atoms with E-state index in [1.165, 1.54) is 36.9 Å². The molecule has 0 N–H and O–H groups in total. The second kappa shape index (κ2) is 15.6. The number of rotatable bonds is 9. The van der Waals surface area contributed by atoms with Crippen molar-refractivity contribution in [2.45, 2.75) is 63.5 Å². The number of ether oxygens (including phenoxy) is 1. The molecule has 0 saturated carbocycles. The number of carbonyl (C=O) groups is 1. The van der Waals surface area contributed by atoms with E-state index in [1.54, 1.807) is 43.3 Å². The summed E-state index contributed by atoms with van der Waals surface area (Å²) in [4.78, 5) is 26.5. The Kier molecular flexibility index (Phi) is 10.9. The Hall–Kier alpha value is -3.89. The van der Waals surface area contributed by atoms with Crippen LogP contribution >= 0.6 is 23.2 Å². The zero-order chi connectivity index (χ0) is 36.4. The van der Waals surface area contributed by atoms with Crippen molar-refractivity contribution in [3.05, 3.63) is 134 Å². The number of piperidine rings is 1. The Morgan fingerprint density at radius 2 is 1.44 bits per heavy atom. The van der Waals surface area contributed by atoms with Gasteiger partial charge in [0.2, 0.25) is 0 Å². The van der Waals surface area contributed by atoms with E-state index in [0.717, 1.165) is 61.3 Å². The van der Waals surface area contributed by atoms with Crippen molar-refractivity contribution in [2.24, 2.45) is 4.99 Å². The molecule has 1 amide bonds. The minimum Gasteiger partial charge on any atom is -0.493 e. The maximum absolute atomic E-state index is 14.8. The number of likely N-dealkylation sites (tertiary alicyclic amines) is 2. The molecule has 2 atom stereocenters. The van der Waals surface area contributed by atoms with Gasteiger partial charge in [0.05, 0.1) is 23.8 Å². The lowest BCUT2D eigenvalue weighted by molar-refractivity contribution is -0.137. The topological polar surface area (TPSA) is 48.4 Å². The van der Waals surface area contributed by atoms with Crippen molar-refractivity contribution >= 4 is 34.9 Å². The number of hydrogen-bond donors (Lipinski definition) is 0. The summed E-state index contributed by atoms with van der Waals surface area (Å²) < 4.78 is 48.3. The lowest BCUT2D eigenvalue weighted by Gasteiger charge is -2.36. The van der Waals surface area contributed by atoms with Crippen LogP contribution in [0.2, 0.25) is 10.0 Å².